The van der Waals surface area contributed by atoms with Gasteiger partial charge in [-0.25, -0.2) is 0 Å². The monoisotopic (exact) mass is 180 g/mol. The Hall–Kier alpha value is -0.830. The van der Waals surface area contributed by atoms with E-state index in [0.717, 1.165) is 17.9 Å². The van der Waals surface area contributed by atoms with Crippen molar-refractivity contribution < 1.29 is 4.52 Å². The lowest BCUT2D eigenvalue weighted by Gasteiger charge is -2.12. The van der Waals surface area contributed by atoms with E-state index >= 15 is 0 Å². The summed E-state index contributed by atoms with van der Waals surface area (Å²) in [6.45, 7) is 4.00. The van der Waals surface area contributed by atoms with Crippen LogP contribution in [0.15, 0.2) is 4.52 Å². The molecule has 0 bridgehead atoms. The molecule has 0 spiro atoms. The molecule has 3 heteroatoms. The highest BCUT2D eigenvalue weighted by atomic mass is 16.5. The van der Waals surface area contributed by atoms with Gasteiger partial charge in [0.1, 0.15) is 5.76 Å². The zero-order chi connectivity index (χ0) is 9.47. The van der Waals surface area contributed by atoms with Gasteiger partial charge in [-0.05, 0) is 40.2 Å². The lowest BCUT2D eigenvalue weighted by atomic mass is 10.0. The fourth-order valence-electron chi connectivity index (χ4n) is 1.76. The Labute approximate surface area is 78.5 Å². The summed E-state index contributed by atoms with van der Waals surface area (Å²) in [4.78, 5) is 0. The van der Waals surface area contributed by atoms with Crippen molar-refractivity contribution in [2.45, 2.75) is 38.6 Å². The summed E-state index contributed by atoms with van der Waals surface area (Å²) >= 11 is 0. The van der Waals surface area contributed by atoms with Crippen LogP contribution in [0.1, 0.15) is 29.9 Å². The quantitative estimate of drug-likeness (QED) is 0.767. The summed E-state index contributed by atoms with van der Waals surface area (Å²) in [6, 6.07) is 0. The van der Waals surface area contributed by atoms with Crippen molar-refractivity contribution in [3.63, 3.8) is 0 Å². The van der Waals surface area contributed by atoms with Crippen molar-refractivity contribution >= 4 is 0 Å². The van der Waals surface area contributed by atoms with E-state index in [-0.39, 0.29) is 0 Å². The van der Waals surface area contributed by atoms with Gasteiger partial charge in [0.25, 0.3) is 0 Å². The van der Waals surface area contributed by atoms with Crippen molar-refractivity contribution in [2.24, 2.45) is 0 Å². The summed E-state index contributed by atoms with van der Waals surface area (Å²) in [5, 5.41) is 7.34. The lowest BCUT2D eigenvalue weighted by Crippen LogP contribution is -2.29. The average molecular weight is 180 g/mol. The molecule has 3 nitrogen and oxygen atoms in total. The van der Waals surface area contributed by atoms with Crippen LogP contribution in [0.4, 0.5) is 0 Å². The third kappa shape index (κ3) is 1.48. The van der Waals surface area contributed by atoms with Gasteiger partial charge < -0.3 is 9.84 Å². The van der Waals surface area contributed by atoms with E-state index in [2.05, 4.69) is 10.5 Å². The molecule has 13 heavy (non-hydrogen) atoms. The molecule has 1 aromatic rings. The van der Waals surface area contributed by atoms with Crippen molar-refractivity contribution in [3.05, 3.63) is 17.0 Å². The molecule has 1 N–H and O–H groups in total. The molecule has 0 unspecified atom stereocenters. The number of nitrogens with one attached hydrogen (secondary N) is 1. The molecule has 1 saturated carbocycles. The first-order chi connectivity index (χ1) is 6.17. The predicted molar refractivity (Wildman–Crippen MR) is 50.7 cm³/mol. The van der Waals surface area contributed by atoms with Gasteiger partial charge in [-0.3, -0.25) is 0 Å². The highest BCUT2D eigenvalue weighted by Gasteiger charge is 2.42. The van der Waals surface area contributed by atoms with Crippen molar-refractivity contribution in [1.29, 1.82) is 0 Å². The van der Waals surface area contributed by atoms with Crippen LogP contribution in [-0.4, -0.2) is 17.7 Å². The molecule has 0 aliphatic heterocycles. The fourth-order valence-corrected chi connectivity index (χ4v) is 1.76. The smallest absolute Gasteiger partial charge is 0.137 e. The molecule has 72 valence electrons. The summed E-state index contributed by atoms with van der Waals surface area (Å²) in [5.74, 6) is 0.971. The predicted octanol–water partition coefficient (Wildman–Crippen LogP) is 1.59. The average Bonchev–Trinajstić information content (AvgIpc) is 2.84. The van der Waals surface area contributed by atoms with Crippen LogP contribution in [0.3, 0.4) is 0 Å². The van der Waals surface area contributed by atoms with E-state index in [9.17, 15) is 0 Å². The highest BCUT2D eigenvalue weighted by molar-refractivity contribution is 5.26. The van der Waals surface area contributed by atoms with Crippen LogP contribution in [0.25, 0.3) is 0 Å². The summed E-state index contributed by atoms with van der Waals surface area (Å²) in [5.41, 5.74) is 2.67. The molecule has 0 saturated heterocycles. The molecule has 1 aliphatic rings. The van der Waals surface area contributed by atoms with Crippen LogP contribution in [0.2, 0.25) is 0 Å². The molecule has 2 rings (SSSR count). The Balaban J connectivity index is 2.17. The van der Waals surface area contributed by atoms with Crippen LogP contribution < -0.4 is 5.32 Å². The number of hydrogen-bond acceptors (Lipinski definition) is 3. The number of likely N-dealkylation sites (N-methyl/N-ethyl adjacent to an activating group) is 1. The third-order valence-electron chi connectivity index (χ3n) is 3.08. The number of nitrogens with zero attached hydrogens (tertiary/aromatic N) is 1. The van der Waals surface area contributed by atoms with Gasteiger partial charge in [0.15, 0.2) is 0 Å². The van der Waals surface area contributed by atoms with E-state index in [1.165, 1.54) is 18.4 Å². The molecule has 0 radical (unpaired) electrons. The van der Waals surface area contributed by atoms with Gasteiger partial charge in [0, 0.05) is 11.1 Å². The van der Waals surface area contributed by atoms with E-state index < -0.39 is 0 Å². The Kier molecular flexibility index (Phi) is 1.91. The van der Waals surface area contributed by atoms with Crippen LogP contribution in [-0.2, 0) is 6.42 Å². The molecule has 1 aliphatic carbocycles. The zero-order valence-electron chi connectivity index (χ0n) is 8.48. The molecule has 1 heterocycles. The van der Waals surface area contributed by atoms with Crippen LogP contribution in [0, 0.1) is 13.8 Å². The summed E-state index contributed by atoms with van der Waals surface area (Å²) in [6.07, 6.45) is 3.60. The Morgan fingerprint density at radius 1 is 1.46 bits per heavy atom. The maximum absolute atomic E-state index is 5.14. The first-order valence-corrected chi connectivity index (χ1v) is 4.77. The summed E-state index contributed by atoms with van der Waals surface area (Å²) < 4.78 is 5.14. The van der Waals surface area contributed by atoms with Gasteiger partial charge in [0.2, 0.25) is 0 Å². The molecule has 0 amide bonds. The molecular weight excluding hydrogens is 164 g/mol. The normalized spacial score (nSPS) is 19.0. The van der Waals surface area contributed by atoms with Crippen molar-refractivity contribution in [3.8, 4) is 0 Å². The molecule has 1 aromatic heterocycles. The van der Waals surface area contributed by atoms with Crippen molar-refractivity contribution in [2.75, 3.05) is 7.05 Å². The topological polar surface area (TPSA) is 38.1 Å². The molecule has 0 atom stereocenters. The molecule has 1 fully saturated rings. The Morgan fingerprint density at radius 3 is 2.54 bits per heavy atom. The van der Waals surface area contributed by atoms with E-state index in [1.807, 2.05) is 20.9 Å². The highest BCUT2D eigenvalue weighted by Crippen LogP contribution is 2.39. The summed E-state index contributed by atoms with van der Waals surface area (Å²) in [7, 11) is 2.03. The number of hydrogen-bond donors (Lipinski definition) is 1. The van der Waals surface area contributed by atoms with Gasteiger partial charge in [-0.2, -0.15) is 0 Å². The molecule has 0 aromatic carbocycles. The van der Waals surface area contributed by atoms with E-state index in [0.29, 0.717) is 5.54 Å². The lowest BCUT2D eigenvalue weighted by molar-refractivity contribution is 0.391. The first kappa shape index (κ1) is 8.75. The van der Waals surface area contributed by atoms with Gasteiger partial charge >= 0.3 is 0 Å². The second kappa shape index (κ2) is 2.84. The van der Waals surface area contributed by atoms with Gasteiger partial charge in [0.05, 0.1) is 5.69 Å². The minimum Gasteiger partial charge on any atom is -0.361 e. The first-order valence-electron chi connectivity index (χ1n) is 4.77. The minimum absolute atomic E-state index is 0.348. The SMILES string of the molecule is CNC1(Cc2c(C)noc2C)CC1. The third-order valence-corrected chi connectivity index (χ3v) is 3.08. The van der Waals surface area contributed by atoms with Crippen molar-refractivity contribution in [1.82, 2.24) is 10.5 Å². The number of aromatic nitrogens is 1. The van der Waals surface area contributed by atoms with E-state index in [4.69, 9.17) is 4.52 Å². The standard InChI is InChI=1S/C10H16N2O/c1-7-9(8(2)13-12-7)6-10(11-3)4-5-10/h11H,4-6H2,1-3H3. The number of rotatable bonds is 3. The van der Waals surface area contributed by atoms with Gasteiger partial charge in [-0.15, -0.1) is 0 Å². The second-order valence-electron chi connectivity index (χ2n) is 4.01. The minimum atomic E-state index is 0.348. The zero-order valence-corrected chi connectivity index (χ0v) is 8.48. The van der Waals surface area contributed by atoms with Crippen LogP contribution >= 0.6 is 0 Å². The Bertz CT molecular complexity index is 293. The largest absolute Gasteiger partial charge is 0.361 e. The molecular formula is C10H16N2O. The Morgan fingerprint density at radius 2 is 2.15 bits per heavy atom. The fraction of sp³-hybridized carbons (Fsp3) is 0.700. The maximum atomic E-state index is 5.14. The van der Waals surface area contributed by atoms with Gasteiger partial charge in [-0.1, -0.05) is 5.16 Å². The van der Waals surface area contributed by atoms with E-state index in [1.54, 1.807) is 0 Å². The van der Waals surface area contributed by atoms with Crippen LogP contribution in [0.5, 0.6) is 0 Å². The second-order valence-corrected chi connectivity index (χ2v) is 4.01. The number of aryl methyl sites for hydroxylation is 2. The maximum Gasteiger partial charge on any atom is 0.137 e.